The average Bonchev–Trinajstić information content (AvgIpc) is 2.41. The first-order chi connectivity index (χ1) is 9.08. The van der Waals surface area contributed by atoms with Gasteiger partial charge in [-0.2, -0.15) is 4.39 Å². The van der Waals surface area contributed by atoms with Crippen LogP contribution in [0.3, 0.4) is 0 Å². The Morgan fingerprint density at radius 1 is 1.32 bits per heavy atom. The molecule has 1 heterocycles. The molecule has 1 aromatic heterocycles. The van der Waals surface area contributed by atoms with Crippen LogP contribution < -0.4 is 10.5 Å². The summed E-state index contributed by atoms with van der Waals surface area (Å²) in [7, 11) is 0. The Kier molecular flexibility index (Phi) is 3.70. The number of aromatic nitrogens is 1. The van der Waals surface area contributed by atoms with Crippen molar-refractivity contribution < 1.29 is 13.5 Å². The zero-order valence-electron chi connectivity index (χ0n) is 9.86. The molecule has 0 aliphatic heterocycles. The summed E-state index contributed by atoms with van der Waals surface area (Å²) in [6.45, 7) is 0.0309. The number of hydrogen-bond acceptors (Lipinski definition) is 3. The molecule has 0 unspecified atom stereocenters. The van der Waals surface area contributed by atoms with Crippen molar-refractivity contribution in [3.05, 3.63) is 59.4 Å². The Labute approximate surface area is 108 Å². The lowest BCUT2D eigenvalue weighted by atomic mass is 10.2. The topological polar surface area (TPSA) is 72.0 Å². The number of nitrogens with two attached hydrogens (primary N) is 1. The standard InChI is InChI=1S/C13H11F2N3O/c14-9-2-1-3-11(12(9)15)19-7-8-4-5-18-10(6-8)13(16)17/h1-6H,7H2,(H3,16,17). The van der Waals surface area contributed by atoms with Gasteiger partial charge in [-0.05, 0) is 29.8 Å². The third kappa shape index (κ3) is 3.04. The monoisotopic (exact) mass is 263 g/mol. The van der Waals surface area contributed by atoms with Crippen LogP contribution in [-0.4, -0.2) is 10.8 Å². The second-order valence-corrected chi connectivity index (χ2v) is 3.80. The van der Waals surface area contributed by atoms with E-state index in [2.05, 4.69) is 4.98 Å². The van der Waals surface area contributed by atoms with Crippen LogP contribution >= 0.6 is 0 Å². The summed E-state index contributed by atoms with van der Waals surface area (Å²) in [6, 6.07) is 6.92. The van der Waals surface area contributed by atoms with Gasteiger partial charge < -0.3 is 10.5 Å². The molecule has 0 aliphatic rings. The third-order valence-corrected chi connectivity index (χ3v) is 2.41. The van der Waals surface area contributed by atoms with Crippen LogP contribution in [0.5, 0.6) is 5.75 Å². The molecule has 3 N–H and O–H groups in total. The highest BCUT2D eigenvalue weighted by Gasteiger charge is 2.09. The maximum Gasteiger partial charge on any atom is 0.200 e. The number of ether oxygens (including phenoxy) is 1. The molecule has 98 valence electrons. The minimum Gasteiger partial charge on any atom is -0.486 e. The zero-order valence-corrected chi connectivity index (χ0v) is 9.86. The molecule has 0 spiro atoms. The van der Waals surface area contributed by atoms with Gasteiger partial charge in [-0.25, -0.2) is 4.39 Å². The molecule has 0 amide bonds. The summed E-state index contributed by atoms with van der Waals surface area (Å²) in [6.07, 6.45) is 1.47. The molecule has 0 radical (unpaired) electrons. The molecular weight excluding hydrogens is 252 g/mol. The van der Waals surface area contributed by atoms with Crippen LogP contribution in [0.4, 0.5) is 8.78 Å². The Morgan fingerprint density at radius 2 is 2.11 bits per heavy atom. The quantitative estimate of drug-likeness (QED) is 0.656. The molecular formula is C13H11F2N3O. The fourth-order valence-electron chi connectivity index (χ4n) is 1.47. The van der Waals surface area contributed by atoms with Gasteiger partial charge in [0.25, 0.3) is 0 Å². The highest BCUT2D eigenvalue weighted by molar-refractivity contribution is 5.93. The van der Waals surface area contributed by atoms with Crippen LogP contribution in [0.25, 0.3) is 0 Å². The minimum atomic E-state index is -1.02. The van der Waals surface area contributed by atoms with E-state index >= 15 is 0 Å². The van der Waals surface area contributed by atoms with Crippen LogP contribution in [0, 0.1) is 17.0 Å². The molecule has 0 bridgehead atoms. The summed E-state index contributed by atoms with van der Waals surface area (Å²) in [4.78, 5) is 3.89. The van der Waals surface area contributed by atoms with Gasteiger partial charge in [-0.15, -0.1) is 0 Å². The van der Waals surface area contributed by atoms with E-state index in [1.807, 2.05) is 0 Å². The van der Waals surface area contributed by atoms with Gasteiger partial charge in [0, 0.05) is 6.20 Å². The van der Waals surface area contributed by atoms with Crippen LogP contribution in [0.15, 0.2) is 36.5 Å². The van der Waals surface area contributed by atoms with E-state index in [0.29, 0.717) is 11.3 Å². The lowest BCUT2D eigenvalue weighted by Gasteiger charge is -2.08. The third-order valence-electron chi connectivity index (χ3n) is 2.41. The predicted octanol–water partition coefficient (Wildman–Crippen LogP) is 2.22. The predicted molar refractivity (Wildman–Crippen MR) is 65.9 cm³/mol. The SMILES string of the molecule is N=C(N)c1cc(COc2cccc(F)c2F)ccn1. The number of hydrogen-bond donors (Lipinski definition) is 2. The number of amidine groups is 1. The van der Waals surface area contributed by atoms with Gasteiger partial charge >= 0.3 is 0 Å². The molecule has 4 nitrogen and oxygen atoms in total. The van der Waals surface area contributed by atoms with Gasteiger partial charge in [0.15, 0.2) is 11.6 Å². The number of benzene rings is 1. The minimum absolute atomic E-state index is 0.0309. The molecule has 2 rings (SSSR count). The van der Waals surface area contributed by atoms with Crippen LogP contribution in [0.1, 0.15) is 11.3 Å². The van der Waals surface area contributed by atoms with Crippen molar-refractivity contribution >= 4 is 5.84 Å². The van der Waals surface area contributed by atoms with Crippen LogP contribution in [-0.2, 0) is 6.61 Å². The number of pyridine rings is 1. The van der Waals surface area contributed by atoms with E-state index in [1.54, 1.807) is 12.1 Å². The maximum atomic E-state index is 13.3. The lowest BCUT2D eigenvalue weighted by Crippen LogP contribution is -2.13. The van der Waals surface area contributed by atoms with E-state index in [-0.39, 0.29) is 18.2 Å². The maximum absolute atomic E-state index is 13.3. The molecule has 0 saturated carbocycles. The first-order valence-electron chi connectivity index (χ1n) is 5.44. The summed E-state index contributed by atoms with van der Waals surface area (Å²) in [5.41, 5.74) is 6.27. The first kappa shape index (κ1) is 12.9. The van der Waals surface area contributed by atoms with Crippen molar-refractivity contribution in [2.75, 3.05) is 0 Å². The fraction of sp³-hybridized carbons (Fsp3) is 0.0769. The summed E-state index contributed by atoms with van der Waals surface area (Å²) < 4.78 is 31.5. The Hall–Kier alpha value is -2.50. The normalized spacial score (nSPS) is 10.2. The number of rotatable bonds is 4. The molecule has 0 aliphatic carbocycles. The summed E-state index contributed by atoms with van der Waals surface area (Å²) in [5.74, 6) is -2.32. The van der Waals surface area contributed by atoms with E-state index in [0.717, 1.165) is 6.07 Å². The molecule has 6 heteroatoms. The van der Waals surface area contributed by atoms with E-state index in [1.165, 1.54) is 18.3 Å². The second kappa shape index (κ2) is 5.43. The summed E-state index contributed by atoms with van der Waals surface area (Å²) in [5, 5.41) is 7.26. The van der Waals surface area contributed by atoms with Crippen molar-refractivity contribution in [1.82, 2.24) is 4.98 Å². The van der Waals surface area contributed by atoms with Gasteiger partial charge in [-0.3, -0.25) is 10.4 Å². The van der Waals surface area contributed by atoms with Gasteiger partial charge in [0.2, 0.25) is 5.82 Å². The van der Waals surface area contributed by atoms with Crippen molar-refractivity contribution in [3.63, 3.8) is 0 Å². The van der Waals surface area contributed by atoms with Crippen molar-refractivity contribution in [3.8, 4) is 5.75 Å². The number of nitrogen functional groups attached to an aromatic ring is 1. The Morgan fingerprint density at radius 3 is 2.84 bits per heavy atom. The molecule has 0 atom stereocenters. The van der Waals surface area contributed by atoms with Crippen molar-refractivity contribution in [2.24, 2.45) is 5.73 Å². The molecule has 2 aromatic rings. The van der Waals surface area contributed by atoms with Gasteiger partial charge in [0.05, 0.1) is 0 Å². The summed E-state index contributed by atoms with van der Waals surface area (Å²) >= 11 is 0. The van der Waals surface area contributed by atoms with Crippen molar-refractivity contribution in [2.45, 2.75) is 6.61 Å². The van der Waals surface area contributed by atoms with E-state index < -0.39 is 11.6 Å². The van der Waals surface area contributed by atoms with E-state index in [9.17, 15) is 8.78 Å². The second-order valence-electron chi connectivity index (χ2n) is 3.80. The molecule has 0 saturated heterocycles. The van der Waals surface area contributed by atoms with Gasteiger partial charge in [0.1, 0.15) is 18.1 Å². The fourth-order valence-corrected chi connectivity index (χ4v) is 1.47. The Balaban J connectivity index is 2.12. The van der Waals surface area contributed by atoms with Crippen LogP contribution in [0.2, 0.25) is 0 Å². The molecule has 0 fully saturated rings. The number of halogens is 2. The van der Waals surface area contributed by atoms with Gasteiger partial charge in [-0.1, -0.05) is 6.07 Å². The number of nitrogens with zero attached hydrogens (tertiary/aromatic N) is 1. The number of nitrogens with one attached hydrogen (secondary N) is 1. The Bertz CT molecular complexity index is 617. The van der Waals surface area contributed by atoms with E-state index in [4.69, 9.17) is 15.9 Å². The highest BCUT2D eigenvalue weighted by Crippen LogP contribution is 2.20. The molecule has 1 aromatic carbocycles. The zero-order chi connectivity index (χ0) is 13.8. The highest BCUT2D eigenvalue weighted by atomic mass is 19.2. The average molecular weight is 263 g/mol. The lowest BCUT2D eigenvalue weighted by molar-refractivity contribution is 0.284. The largest absolute Gasteiger partial charge is 0.486 e. The smallest absolute Gasteiger partial charge is 0.200 e. The first-order valence-corrected chi connectivity index (χ1v) is 5.44. The van der Waals surface area contributed by atoms with Crippen molar-refractivity contribution in [1.29, 1.82) is 5.41 Å². The molecule has 19 heavy (non-hydrogen) atoms.